The van der Waals surface area contributed by atoms with Crippen molar-refractivity contribution >= 4 is 29.1 Å². The minimum atomic E-state index is -0.256. The number of anilines is 1. The molecule has 1 amide bonds. The lowest BCUT2D eigenvalue weighted by molar-refractivity contribution is -0.113. The zero-order valence-corrected chi connectivity index (χ0v) is 16.3. The van der Waals surface area contributed by atoms with Gasteiger partial charge in [0, 0.05) is 5.56 Å². The average molecular weight is 397 g/mol. The fourth-order valence-corrected chi connectivity index (χ4v) is 3.08. The van der Waals surface area contributed by atoms with Crippen LogP contribution in [0, 0.1) is 0 Å². The van der Waals surface area contributed by atoms with Gasteiger partial charge in [-0.1, -0.05) is 36.0 Å². The quantitative estimate of drug-likeness (QED) is 0.458. The van der Waals surface area contributed by atoms with Crippen LogP contribution < -0.4 is 10.1 Å². The number of aromatic nitrogens is 2. The third-order valence-corrected chi connectivity index (χ3v) is 4.69. The summed E-state index contributed by atoms with van der Waals surface area (Å²) in [4.78, 5) is 23.8. The van der Waals surface area contributed by atoms with Gasteiger partial charge in [-0.25, -0.2) is 0 Å². The molecule has 0 spiro atoms. The molecule has 3 rings (SSSR count). The Kier molecular flexibility index (Phi) is 6.44. The van der Waals surface area contributed by atoms with Crippen molar-refractivity contribution in [2.75, 3.05) is 18.2 Å². The number of para-hydroxylation sites is 1. The van der Waals surface area contributed by atoms with Crippen LogP contribution in [-0.4, -0.2) is 34.8 Å². The smallest absolute Gasteiger partial charge is 0.277 e. The summed E-state index contributed by atoms with van der Waals surface area (Å²) in [5.41, 5.74) is 1.98. The van der Waals surface area contributed by atoms with Gasteiger partial charge in [-0.15, -0.1) is 10.2 Å². The van der Waals surface area contributed by atoms with Gasteiger partial charge in [0.15, 0.2) is 5.78 Å². The van der Waals surface area contributed by atoms with Crippen LogP contribution in [0.2, 0.25) is 0 Å². The first kappa shape index (κ1) is 19.6. The van der Waals surface area contributed by atoms with E-state index in [1.54, 1.807) is 31.4 Å². The highest BCUT2D eigenvalue weighted by Gasteiger charge is 2.13. The Morgan fingerprint density at radius 3 is 2.57 bits per heavy atom. The van der Waals surface area contributed by atoms with E-state index in [-0.39, 0.29) is 17.4 Å². The van der Waals surface area contributed by atoms with Crippen LogP contribution in [0.5, 0.6) is 5.75 Å². The molecule has 0 unspecified atom stereocenters. The standard InChI is InChI=1S/C20H19N3O4S/c1-13(24)16-5-3-4-6-17(16)21-18(25)12-28-20-23-22-19(27-20)11-14-7-9-15(26-2)10-8-14/h3-10H,11-12H2,1-2H3,(H,21,25). The maximum absolute atomic E-state index is 12.2. The molecule has 2 aromatic carbocycles. The van der Waals surface area contributed by atoms with Crippen LogP contribution >= 0.6 is 11.8 Å². The van der Waals surface area contributed by atoms with Gasteiger partial charge in [-0.05, 0) is 36.8 Å². The molecule has 8 heteroatoms. The van der Waals surface area contributed by atoms with Crippen molar-refractivity contribution < 1.29 is 18.7 Å². The molecule has 0 bridgehead atoms. The fourth-order valence-electron chi connectivity index (χ4n) is 2.50. The summed E-state index contributed by atoms with van der Waals surface area (Å²) in [5.74, 6) is 0.978. The first-order chi connectivity index (χ1) is 13.5. The Hall–Kier alpha value is -3.13. The molecular weight excluding hydrogens is 378 g/mol. The third kappa shape index (κ3) is 5.20. The van der Waals surface area contributed by atoms with E-state index < -0.39 is 0 Å². The number of methoxy groups -OCH3 is 1. The first-order valence-corrected chi connectivity index (χ1v) is 9.51. The molecule has 0 aliphatic carbocycles. The number of ketones is 1. The number of benzene rings is 2. The van der Waals surface area contributed by atoms with Gasteiger partial charge >= 0.3 is 0 Å². The van der Waals surface area contributed by atoms with Crippen LogP contribution in [0.25, 0.3) is 0 Å². The molecule has 0 atom stereocenters. The maximum atomic E-state index is 12.2. The van der Waals surface area contributed by atoms with Crippen molar-refractivity contribution in [1.82, 2.24) is 10.2 Å². The Bertz CT molecular complexity index is 970. The van der Waals surface area contributed by atoms with E-state index in [1.165, 1.54) is 6.92 Å². The van der Waals surface area contributed by atoms with Crippen molar-refractivity contribution in [2.45, 2.75) is 18.6 Å². The highest BCUT2D eigenvalue weighted by Crippen LogP contribution is 2.20. The number of thioether (sulfide) groups is 1. The number of amides is 1. The Morgan fingerprint density at radius 2 is 1.86 bits per heavy atom. The van der Waals surface area contributed by atoms with E-state index in [1.807, 2.05) is 24.3 Å². The topological polar surface area (TPSA) is 94.3 Å². The van der Waals surface area contributed by atoms with Gasteiger partial charge in [-0.3, -0.25) is 9.59 Å². The van der Waals surface area contributed by atoms with Crippen molar-refractivity contribution in [3.63, 3.8) is 0 Å². The molecule has 3 aromatic rings. The van der Waals surface area contributed by atoms with Crippen LogP contribution in [0.1, 0.15) is 28.7 Å². The van der Waals surface area contributed by atoms with Crippen molar-refractivity contribution in [2.24, 2.45) is 0 Å². The van der Waals surface area contributed by atoms with Gasteiger partial charge < -0.3 is 14.5 Å². The molecule has 7 nitrogen and oxygen atoms in total. The molecule has 144 valence electrons. The van der Waals surface area contributed by atoms with Gasteiger partial charge in [0.1, 0.15) is 5.75 Å². The molecule has 1 heterocycles. The number of rotatable bonds is 8. The van der Waals surface area contributed by atoms with Gasteiger partial charge in [0.05, 0.1) is 25.0 Å². The second-order valence-electron chi connectivity index (χ2n) is 5.93. The first-order valence-electron chi connectivity index (χ1n) is 8.53. The summed E-state index contributed by atoms with van der Waals surface area (Å²) >= 11 is 1.14. The Labute approximate surface area is 166 Å². The normalized spacial score (nSPS) is 10.5. The van der Waals surface area contributed by atoms with Crippen molar-refractivity contribution in [3.05, 3.63) is 65.5 Å². The summed E-state index contributed by atoms with van der Waals surface area (Å²) in [5, 5.41) is 11.0. The van der Waals surface area contributed by atoms with Gasteiger partial charge in [0.2, 0.25) is 11.8 Å². The number of carbonyl (C=O) groups is 2. The van der Waals surface area contributed by atoms with E-state index in [9.17, 15) is 9.59 Å². The highest BCUT2D eigenvalue weighted by molar-refractivity contribution is 7.99. The van der Waals surface area contributed by atoms with Crippen LogP contribution in [0.15, 0.2) is 58.2 Å². The number of Topliss-reactive ketones (excluding diaryl/α,β-unsaturated/α-hetero) is 1. The van der Waals surface area contributed by atoms with Crippen molar-refractivity contribution in [1.29, 1.82) is 0 Å². The van der Waals surface area contributed by atoms with E-state index in [2.05, 4.69) is 15.5 Å². The average Bonchev–Trinajstić information content (AvgIpc) is 3.14. The number of hydrogen-bond donors (Lipinski definition) is 1. The molecule has 0 fully saturated rings. The van der Waals surface area contributed by atoms with Gasteiger partial charge in [0.25, 0.3) is 5.22 Å². The lowest BCUT2D eigenvalue weighted by Crippen LogP contribution is -2.16. The lowest BCUT2D eigenvalue weighted by Gasteiger charge is -2.08. The van der Waals surface area contributed by atoms with E-state index >= 15 is 0 Å². The molecule has 28 heavy (non-hydrogen) atoms. The van der Waals surface area contributed by atoms with E-state index in [0.717, 1.165) is 23.1 Å². The zero-order chi connectivity index (χ0) is 19.9. The molecule has 0 saturated carbocycles. The SMILES string of the molecule is COc1ccc(Cc2nnc(SCC(=O)Nc3ccccc3C(C)=O)o2)cc1. The van der Waals surface area contributed by atoms with Crippen LogP contribution in [-0.2, 0) is 11.2 Å². The number of nitrogens with one attached hydrogen (secondary N) is 1. The summed E-state index contributed by atoms with van der Waals surface area (Å²) in [6.07, 6.45) is 0.496. The molecule has 0 radical (unpaired) electrons. The molecular formula is C20H19N3O4S. The number of ether oxygens (including phenoxy) is 1. The second kappa shape index (κ2) is 9.18. The minimum Gasteiger partial charge on any atom is -0.497 e. The summed E-state index contributed by atoms with van der Waals surface area (Å²) in [6, 6.07) is 14.5. The number of carbonyl (C=O) groups excluding carboxylic acids is 2. The lowest BCUT2D eigenvalue weighted by atomic mass is 10.1. The third-order valence-electron chi connectivity index (χ3n) is 3.87. The Balaban J connectivity index is 1.54. The van der Waals surface area contributed by atoms with E-state index in [0.29, 0.717) is 28.8 Å². The summed E-state index contributed by atoms with van der Waals surface area (Å²) in [6.45, 7) is 1.46. The predicted octanol–water partition coefficient (Wildman–Crippen LogP) is 3.60. The largest absolute Gasteiger partial charge is 0.497 e. The molecule has 0 aliphatic heterocycles. The summed E-state index contributed by atoms with van der Waals surface area (Å²) in [7, 11) is 1.62. The molecule has 0 saturated heterocycles. The fraction of sp³-hybridized carbons (Fsp3) is 0.200. The number of hydrogen-bond acceptors (Lipinski definition) is 7. The maximum Gasteiger partial charge on any atom is 0.277 e. The predicted molar refractivity (Wildman–Crippen MR) is 106 cm³/mol. The number of nitrogens with zero attached hydrogens (tertiary/aromatic N) is 2. The summed E-state index contributed by atoms with van der Waals surface area (Å²) < 4.78 is 10.7. The molecule has 1 aromatic heterocycles. The molecule has 1 N–H and O–H groups in total. The monoisotopic (exact) mass is 397 g/mol. The van der Waals surface area contributed by atoms with Crippen molar-refractivity contribution in [3.8, 4) is 5.75 Å². The molecule has 0 aliphatic rings. The van der Waals surface area contributed by atoms with Gasteiger partial charge in [-0.2, -0.15) is 0 Å². The zero-order valence-electron chi connectivity index (χ0n) is 15.5. The second-order valence-corrected chi connectivity index (χ2v) is 6.85. The van der Waals surface area contributed by atoms with E-state index in [4.69, 9.17) is 9.15 Å². The van der Waals surface area contributed by atoms with Crippen LogP contribution in [0.4, 0.5) is 5.69 Å². The minimum absolute atomic E-state index is 0.0937. The van der Waals surface area contributed by atoms with Crippen LogP contribution in [0.3, 0.4) is 0 Å². The highest BCUT2D eigenvalue weighted by atomic mass is 32.2. The Morgan fingerprint density at radius 1 is 1.11 bits per heavy atom.